The fraction of sp³-hybridized carbons (Fsp3) is 0.238. The van der Waals surface area contributed by atoms with E-state index in [4.69, 9.17) is 4.74 Å². The smallest absolute Gasteiger partial charge is 0.119 e. The van der Waals surface area contributed by atoms with Crippen LogP contribution in [0.5, 0.6) is 5.75 Å². The summed E-state index contributed by atoms with van der Waals surface area (Å²) in [5.74, 6) is 0.891. The molecular weight excluding hydrogens is 282 g/mol. The molecule has 3 aromatic carbocycles. The predicted octanol–water partition coefficient (Wildman–Crippen LogP) is 5.26. The van der Waals surface area contributed by atoms with Gasteiger partial charge in [-0.1, -0.05) is 42.5 Å². The average Bonchev–Trinajstić information content (AvgIpc) is 2.59. The van der Waals surface area contributed by atoms with Gasteiger partial charge in [0.05, 0.1) is 7.11 Å². The molecule has 0 heterocycles. The molecule has 0 aromatic heterocycles. The second-order valence-electron chi connectivity index (χ2n) is 6.06. The molecule has 118 valence electrons. The van der Waals surface area contributed by atoms with E-state index in [0.717, 1.165) is 12.3 Å². The standard InChI is InChI=1S/C21H23NO/c1-16(2)22(19-11-13-20(23-3)14-12-19)15-18-9-6-8-17-7-4-5-10-21(17)18/h4-14,16H,15H2,1-3H3. The number of fused-ring (bicyclic) bond motifs is 1. The molecule has 3 rings (SSSR count). The van der Waals surface area contributed by atoms with E-state index in [9.17, 15) is 0 Å². The summed E-state index contributed by atoms with van der Waals surface area (Å²) in [5, 5.41) is 2.62. The summed E-state index contributed by atoms with van der Waals surface area (Å²) in [5.41, 5.74) is 2.57. The zero-order valence-corrected chi connectivity index (χ0v) is 14.0. The number of nitrogens with zero attached hydrogens (tertiary/aromatic N) is 1. The summed E-state index contributed by atoms with van der Waals surface area (Å²) < 4.78 is 5.27. The highest BCUT2D eigenvalue weighted by atomic mass is 16.5. The van der Waals surface area contributed by atoms with Crippen LogP contribution in [0.15, 0.2) is 66.7 Å². The lowest BCUT2D eigenvalue weighted by Gasteiger charge is -2.30. The molecule has 0 saturated carbocycles. The van der Waals surface area contributed by atoms with Crippen molar-refractivity contribution in [3.05, 3.63) is 72.3 Å². The summed E-state index contributed by atoms with van der Waals surface area (Å²) in [4.78, 5) is 2.42. The Kier molecular flexibility index (Phi) is 4.52. The first-order chi connectivity index (χ1) is 11.2. The van der Waals surface area contributed by atoms with Crippen LogP contribution >= 0.6 is 0 Å². The van der Waals surface area contributed by atoms with E-state index >= 15 is 0 Å². The molecule has 0 aliphatic carbocycles. The van der Waals surface area contributed by atoms with E-state index in [1.54, 1.807) is 7.11 Å². The van der Waals surface area contributed by atoms with Crippen LogP contribution in [0.4, 0.5) is 5.69 Å². The van der Waals surface area contributed by atoms with Gasteiger partial charge in [0.2, 0.25) is 0 Å². The number of ether oxygens (including phenoxy) is 1. The van der Waals surface area contributed by atoms with Gasteiger partial charge in [0.1, 0.15) is 5.75 Å². The number of hydrogen-bond donors (Lipinski definition) is 0. The Balaban J connectivity index is 1.95. The molecule has 0 aliphatic heterocycles. The van der Waals surface area contributed by atoms with Crippen molar-refractivity contribution in [3.63, 3.8) is 0 Å². The molecule has 0 unspecified atom stereocenters. The lowest BCUT2D eigenvalue weighted by Crippen LogP contribution is -2.30. The molecule has 0 N–H and O–H groups in total. The fourth-order valence-electron chi connectivity index (χ4n) is 2.96. The van der Waals surface area contributed by atoms with Crippen LogP contribution in [0.2, 0.25) is 0 Å². The number of benzene rings is 3. The van der Waals surface area contributed by atoms with Gasteiger partial charge in [-0.2, -0.15) is 0 Å². The quantitative estimate of drug-likeness (QED) is 0.637. The van der Waals surface area contributed by atoms with Gasteiger partial charge in [-0.05, 0) is 54.4 Å². The molecule has 0 aliphatic rings. The van der Waals surface area contributed by atoms with Crippen molar-refractivity contribution in [1.29, 1.82) is 0 Å². The van der Waals surface area contributed by atoms with E-state index in [0.29, 0.717) is 6.04 Å². The maximum absolute atomic E-state index is 5.27. The summed E-state index contributed by atoms with van der Waals surface area (Å²) in [6, 6.07) is 23.8. The molecule has 0 spiro atoms. The minimum atomic E-state index is 0.419. The molecule has 0 saturated heterocycles. The Hall–Kier alpha value is -2.48. The highest BCUT2D eigenvalue weighted by molar-refractivity contribution is 5.85. The lowest BCUT2D eigenvalue weighted by molar-refractivity contribution is 0.415. The van der Waals surface area contributed by atoms with Crippen molar-refractivity contribution in [2.24, 2.45) is 0 Å². The Morgan fingerprint density at radius 3 is 2.26 bits per heavy atom. The van der Waals surface area contributed by atoms with Gasteiger partial charge in [0.15, 0.2) is 0 Å². The monoisotopic (exact) mass is 305 g/mol. The normalized spacial score (nSPS) is 11.0. The molecule has 0 bridgehead atoms. The van der Waals surface area contributed by atoms with Crippen LogP contribution < -0.4 is 9.64 Å². The SMILES string of the molecule is COc1ccc(N(Cc2cccc3ccccc23)C(C)C)cc1. The second-order valence-corrected chi connectivity index (χ2v) is 6.06. The van der Waals surface area contributed by atoms with Crippen LogP contribution in [0, 0.1) is 0 Å². The van der Waals surface area contributed by atoms with Gasteiger partial charge in [-0.25, -0.2) is 0 Å². The van der Waals surface area contributed by atoms with Crippen molar-refractivity contribution >= 4 is 16.5 Å². The highest BCUT2D eigenvalue weighted by Gasteiger charge is 2.13. The van der Waals surface area contributed by atoms with Crippen molar-refractivity contribution in [3.8, 4) is 5.75 Å². The van der Waals surface area contributed by atoms with Gasteiger partial charge in [-0.15, -0.1) is 0 Å². The molecule has 0 atom stereocenters. The molecule has 0 amide bonds. The second kappa shape index (κ2) is 6.74. The molecule has 0 radical (unpaired) electrons. The van der Waals surface area contributed by atoms with Crippen LogP contribution in [-0.4, -0.2) is 13.2 Å². The van der Waals surface area contributed by atoms with Gasteiger partial charge in [0.25, 0.3) is 0 Å². The number of rotatable bonds is 5. The van der Waals surface area contributed by atoms with E-state index < -0.39 is 0 Å². The molecule has 2 heteroatoms. The molecular formula is C21H23NO. The molecule has 3 aromatic rings. The lowest BCUT2D eigenvalue weighted by atomic mass is 10.0. The molecule has 0 fully saturated rings. The Morgan fingerprint density at radius 2 is 1.57 bits per heavy atom. The zero-order chi connectivity index (χ0) is 16.2. The Bertz CT molecular complexity index is 772. The van der Waals surface area contributed by atoms with Crippen LogP contribution in [0.25, 0.3) is 10.8 Å². The fourth-order valence-corrected chi connectivity index (χ4v) is 2.96. The topological polar surface area (TPSA) is 12.5 Å². The van der Waals surface area contributed by atoms with Gasteiger partial charge in [0, 0.05) is 18.3 Å². The summed E-state index contributed by atoms with van der Waals surface area (Å²) in [7, 11) is 1.70. The Morgan fingerprint density at radius 1 is 0.870 bits per heavy atom. The van der Waals surface area contributed by atoms with Crippen molar-refractivity contribution in [2.45, 2.75) is 26.4 Å². The number of anilines is 1. The summed E-state index contributed by atoms with van der Waals surface area (Å²) in [6.07, 6.45) is 0. The van der Waals surface area contributed by atoms with Crippen molar-refractivity contribution < 1.29 is 4.74 Å². The Labute approximate surface area is 138 Å². The molecule has 23 heavy (non-hydrogen) atoms. The minimum absolute atomic E-state index is 0.419. The summed E-state index contributed by atoms with van der Waals surface area (Å²) >= 11 is 0. The van der Waals surface area contributed by atoms with Crippen LogP contribution in [0.1, 0.15) is 19.4 Å². The minimum Gasteiger partial charge on any atom is -0.497 e. The van der Waals surface area contributed by atoms with E-state index in [1.165, 1.54) is 22.0 Å². The van der Waals surface area contributed by atoms with Crippen LogP contribution in [0.3, 0.4) is 0 Å². The van der Waals surface area contributed by atoms with Crippen LogP contribution in [-0.2, 0) is 6.54 Å². The van der Waals surface area contributed by atoms with Gasteiger partial charge in [-0.3, -0.25) is 0 Å². The van der Waals surface area contributed by atoms with E-state index in [1.807, 2.05) is 12.1 Å². The highest BCUT2D eigenvalue weighted by Crippen LogP contribution is 2.26. The first-order valence-corrected chi connectivity index (χ1v) is 8.06. The first-order valence-electron chi connectivity index (χ1n) is 8.06. The average molecular weight is 305 g/mol. The van der Waals surface area contributed by atoms with Crippen molar-refractivity contribution in [2.75, 3.05) is 12.0 Å². The van der Waals surface area contributed by atoms with E-state index in [2.05, 4.69) is 73.3 Å². The molecule has 2 nitrogen and oxygen atoms in total. The third kappa shape index (κ3) is 3.31. The predicted molar refractivity (Wildman–Crippen MR) is 98.3 cm³/mol. The maximum Gasteiger partial charge on any atom is 0.119 e. The third-order valence-corrected chi connectivity index (χ3v) is 4.25. The van der Waals surface area contributed by atoms with E-state index in [-0.39, 0.29) is 0 Å². The maximum atomic E-state index is 5.27. The summed E-state index contributed by atoms with van der Waals surface area (Å²) in [6.45, 7) is 5.36. The zero-order valence-electron chi connectivity index (χ0n) is 14.0. The van der Waals surface area contributed by atoms with Gasteiger partial charge >= 0.3 is 0 Å². The first kappa shape index (κ1) is 15.4. The number of methoxy groups -OCH3 is 1. The van der Waals surface area contributed by atoms with Crippen molar-refractivity contribution in [1.82, 2.24) is 0 Å². The third-order valence-electron chi connectivity index (χ3n) is 4.25. The van der Waals surface area contributed by atoms with Gasteiger partial charge < -0.3 is 9.64 Å². The largest absolute Gasteiger partial charge is 0.497 e. The number of hydrogen-bond acceptors (Lipinski definition) is 2.